The van der Waals surface area contributed by atoms with Crippen molar-refractivity contribution in [3.8, 4) is 0 Å². The van der Waals surface area contributed by atoms with E-state index in [0.29, 0.717) is 5.41 Å². The van der Waals surface area contributed by atoms with Crippen molar-refractivity contribution in [1.29, 1.82) is 0 Å². The van der Waals surface area contributed by atoms with Gasteiger partial charge in [-0.15, -0.1) is 0 Å². The molecule has 1 heteroatoms. The molecule has 1 rings (SSSR count). The molecule has 0 bridgehead atoms. The Morgan fingerprint density at radius 2 is 2.08 bits per heavy atom. The molecule has 0 aromatic carbocycles. The molecule has 0 heterocycles. The minimum atomic E-state index is 0.572. The smallest absolute Gasteiger partial charge is 0.00722 e. The van der Waals surface area contributed by atoms with Crippen LogP contribution in [-0.2, 0) is 0 Å². The van der Waals surface area contributed by atoms with Crippen LogP contribution in [0.4, 0.5) is 0 Å². The molecule has 13 heavy (non-hydrogen) atoms. The topological polar surface area (TPSA) is 12.0 Å². The van der Waals surface area contributed by atoms with Crippen molar-refractivity contribution >= 4 is 0 Å². The second-order valence-electron chi connectivity index (χ2n) is 5.19. The second kappa shape index (κ2) is 4.00. The lowest BCUT2D eigenvalue weighted by atomic mass is 9.70. The third-order valence-corrected chi connectivity index (χ3v) is 4.41. The minimum absolute atomic E-state index is 0.572. The normalized spacial score (nSPS) is 40.2. The zero-order chi connectivity index (χ0) is 10.1. The first-order chi connectivity index (χ1) is 6.04. The molecule has 0 aromatic rings. The van der Waals surface area contributed by atoms with Gasteiger partial charge in [-0.25, -0.2) is 0 Å². The van der Waals surface area contributed by atoms with Gasteiger partial charge in [-0.3, -0.25) is 0 Å². The average Bonchev–Trinajstić information content (AvgIpc) is 2.43. The van der Waals surface area contributed by atoms with E-state index in [9.17, 15) is 0 Å². The fraction of sp³-hybridized carbons (Fsp3) is 1.00. The SMILES string of the molecule is CCC1CC(NC)C[C@]1(C)C(C)C. The summed E-state index contributed by atoms with van der Waals surface area (Å²) < 4.78 is 0. The van der Waals surface area contributed by atoms with Crippen molar-refractivity contribution in [1.82, 2.24) is 5.32 Å². The lowest BCUT2D eigenvalue weighted by molar-refractivity contribution is 0.143. The fourth-order valence-electron chi connectivity index (χ4n) is 2.95. The first kappa shape index (κ1) is 11.0. The summed E-state index contributed by atoms with van der Waals surface area (Å²) in [6.07, 6.45) is 4.08. The van der Waals surface area contributed by atoms with Crippen molar-refractivity contribution in [3.05, 3.63) is 0 Å². The highest BCUT2D eigenvalue weighted by Crippen LogP contribution is 2.49. The van der Waals surface area contributed by atoms with Crippen LogP contribution in [0.5, 0.6) is 0 Å². The zero-order valence-electron chi connectivity index (χ0n) is 9.85. The molecule has 0 saturated heterocycles. The summed E-state index contributed by atoms with van der Waals surface area (Å²) in [5.74, 6) is 1.74. The van der Waals surface area contributed by atoms with E-state index in [4.69, 9.17) is 0 Å². The van der Waals surface area contributed by atoms with Crippen molar-refractivity contribution in [2.75, 3.05) is 7.05 Å². The molecule has 2 unspecified atom stereocenters. The van der Waals surface area contributed by atoms with E-state index in [2.05, 4.69) is 40.1 Å². The largest absolute Gasteiger partial charge is 0.317 e. The van der Waals surface area contributed by atoms with E-state index in [0.717, 1.165) is 17.9 Å². The first-order valence-corrected chi connectivity index (χ1v) is 5.71. The van der Waals surface area contributed by atoms with Crippen molar-refractivity contribution < 1.29 is 0 Å². The van der Waals surface area contributed by atoms with Gasteiger partial charge in [0.05, 0.1) is 0 Å². The Hall–Kier alpha value is -0.0400. The molecule has 0 aromatic heterocycles. The Morgan fingerprint density at radius 3 is 2.38 bits per heavy atom. The summed E-state index contributed by atoms with van der Waals surface area (Å²) >= 11 is 0. The molecule has 0 aliphatic heterocycles. The molecule has 1 fully saturated rings. The van der Waals surface area contributed by atoms with Crippen LogP contribution >= 0.6 is 0 Å². The van der Waals surface area contributed by atoms with Crippen LogP contribution in [-0.4, -0.2) is 13.1 Å². The predicted molar refractivity (Wildman–Crippen MR) is 58.8 cm³/mol. The third kappa shape index (κ3) is 1.90. The van der Waals surface area contributed by atoms with Crippen LogP contribution in [0.3, 0.4) is 0 Å². The lowest BCUT2D eigenvalue weighted by Crippen LogP contribution is -2.29. The van der Waals surface area contributed by atoms with Crippen LogP contribution in [0.25, 0.3) is 0 Å². The molecule has 0 spiro atoms. The van der Waals surface area contributed by atoms with Gasteiger partial charge in [0.2, 0.25) is 0 Å². The van der Waals surface area contributed by atoms with Crippen LogP contribution < -0.4 is 5.32 Å². The molecule has 3 atom stereocenters. The fourth-order valence-corrected chi connectivity index (χ4v) is 2.95. The van der Waals surface area contributed by atoms with E-state index in [1.54, 1.807) is 0 Å². The van der Waals surface area contributed by atoms with Gasteiger partial charge in [-0.2, -0.15) is 0 Å². The average molecular weight is 183 g/mol. The van der Waals surface area contributed by atoms with Gasteiger partial charge < -0.3 is 5.32 Å². The van der Waals surface area contributed by atoms with Gasteiger partial charge in [0.1, 0.15) is 0 Å². The zero-order valence-corrected chi connectivity index (χ0v) is 9.85. The monoisotopic (exact) mass is 183 g/mol. The van der Waals surface area contributed by atoms with Gasteiger partial charge in [0, 0.05) is 6.04 Å². The third-order valence-electron chi connectivity index (χ3n) is 4.41. The Morgan fingerprint density at radius 1 is 1.46 bits per heavy atom. The quantitative estimate of drug-likeness (QED) is 0.709. The lowest BCUT2D eigenvalue weighted by Gasteiger charge is -2.35. The molecule has 0 radical (unpaired) electrons. The summed E-state index contributed by atoms with van der Waals surface area (Å²) in [4.78, 5) is 0. The van der Waals surface area contributed by atoms with E-state index in [-0.39, 0.29) is 0 Å². The van der Waals surface area contributed by atoms with Gasteiger partial charge >= 0.3 is 0 Å². The maximum Gasteiger partial charge on any atom is 0.00722 e. The first-order valence-electron chi connectivity index (χ1n) is 5.71. The van der Waals surface area contributed by atoms with E-state index in [1.165, 1.54) is 19.3 Å². The molecule has 1 saturated carbocycles. The van der Waals surface area contributed by atoms with Crippen molar-refractivity contribution in [2.45, 2.75) is 53.0 Å². The Kier molecular flexibility index (Phi) is 3.39. The molecule has 1 N–H and O–H groups in total. The molecule has 1 aliphatic carbocycles. The summed E-state index contributed by atoms with van der Waals surface area (Å²) in [6.45, 7) is 9.56. The number of hydrogen-bond donors (Lipinski definition) is 1. The Bertz CT molecular complexity index is 165. The second-order valence-corrected chi connectivity index (χ2v) is 5.19. The van der Waals surface area contributed by atoms with E-state index < -0.39 is 0 Å². The van der Waals surface area contributed by atoms with Gasteiger partial charge in [0.25, 0.3) is 0 Å². The van der Waals surface area contributed by atoms with Crippen LogP contribution in [0.15, 0.2) is 0 Å². The molecular formula is C12H25N. The Balaban J connectivity index is 2.72. The predicted octanol–water partition coefficient (Wildman–Crippen LogP) is 3.06. The molecule has 1 aliphatic rings. The summed E-state index contributed by atoms with van der Waals surface area (Å²) in [6, 6.07) is 0.761. The van der Waals surface area contributed by atoms with Crippen LogP contribution in [0.1, 0.15) is 47.0 Å². The summed E-state index contributed by atoms with van der Waals surface area (Å²) in [5, 5.41) is 3.44. The van der Waals surface area contributed by atoms with Gasteiger partial charge in [-0.05, 0) is 37.1 Å². The van der Waals surface area contributed by atoms with Gasteiger partial charge in [0.15, 0.2) is 0 Å². The van der Waals surface area contributed by atoms with Gasteiger partial charge in [-0.1, -0.05) is 34.1 Å². The maximum atomic E-state index is 3.44. The molecule has 78 valence electrons. The maximum absolute atomic E-state index is 3.44. The number of nitrogens with one attached hydrogen (secondary N) is 1. The van der Waals surface area contributed by atoms with Crippen LogP contribution in [0.2, 0.25) is 0 Å². The summed E-state index contributed by atoms with van der Waals surface area (Å²) in [7, 11) is 2.10. The van der Waals surface area contributed by atoms with Crippen molar-refractivity contribution in [3.63, 3.8) is 0 Å². The highest BCUT2D eigenvalue weighted by atomic mass is 14.9. The molecule has 0 amide bonds. The number of rotatable bonds is 3. The molecule has 1 nitrogen and oxygen atoms in total. The highest BCUT2D eigenvalue weighted by molar-refractivity contribution is 4.96. The van der Waals surface area contributed by atoms with Crippen LogP contribution in [0, 0.1) is 17.3 Å². The standard InChI is InChI=1S/C12H25N/c1-6-10-7-11(13-5)8-12(10,4)9(2)3/h9-11,13H,6-8H2,1-5H3/t10?,11?,12-/m1/s1. The number of hydrogen-bond acceptors (Lipinski definition) is 1. The van der Waals surface area contributed by atoms with Crippen molar-refractivity contribution in [2.24, 2.45) is 17.3 Å². The molecular weight excluding hydrogens is 158 g/mol. The highest BCUT2D eigenvalue weighted by Gasteiger charge is 2.43. The summed E-state index contributed by atoms with van der Waals surface area (Å²) in [5.41, 5.74) is 0.572. The van der Waals surface area contributed by atoms with E-state index in [1.807, 2.05) is 0 Å². The van der Waals surface area contributed by atoms with E-state index >= 15 is 0 Å². The minimum Gasteiger partial charge on any atom is -0.317 e. The Labute approximate surface area is 83.3 Å².